The van der Waals surface area contributed by atoms with Gasteiger partial charge in [-0.3, -0.25) is 10.3 Å². The van der Waals surface area contributed by atoms with Gasteiger partial charge in [0.05, 0.1) is 11.4 Å². The van der Waals surface area contributed by atoms with Gasteiger partial charge in [0.25, 0.3) is 0 Å². The standard InChI is InChI=1S/C25H34N6O/c1-17(24(2)6-7-24)30-10-12-31(13-11-30)22-15-21(28-16-29-22)23(27)19-14-18(4-5-20(19)26)32-25(3)8-9-25/h4-5,14-17,27H,6-13,26H2,1-3H3. The van der Waals surface area contributed by atoms with Crippen LogP contribution in [0.2, 0.25) is 0 Å². The van der Waals surface area contributed by atoms with Crippen molar-refractivity contribution in [1.29, 1.82) is 5.41 Å². The molecule has 1 saturated heterocycles. The summed E-state index contributed by atoms with van der Waals surface area (Å²) in [6.07, 6.45) is 6.37. The highest BCUT2D eigenvalue weighted by Gasteiger charge is 2.45. The molecular formula is C25H34N6O. The SMILES string of the molecule is CC(N1CCN(c2cc(C(=N)c3cc(OC4(C)CC4)ccc3N)ncn2)CC1)C1(C)CC1. The zero-order chi connectivity index (χ0) is 22.5. The third-order valence-electron chi connectivity index (χ3n) is 7.75. The zero-order valence-electron chi connectivity index (χ0n) is 19.4. The first-order valence-corrected chi connectivity index (χ1v) is 11.8. The number of hydrogen-bond acceptors (Lipinski definition) is 7. The quantitative estimate of drug-likeness (QED) is 0.510. The fourth-order valence-corrected chi connectivity index (χ4v) is 4.57. The molecule has 1 aromatic heterocycles. The second-order valence-electron chi connectivity index (χ2n) is 10.3. The number of ether oxygens (including phenoxy) is 1. The fourth-order valence-electron chi connectivity index (χ4n) is 4.57. The van der Waals surface area contributed by atoms with E-state index in [4.69, 9.17) is 15.9 Å². The number of nitrogens with zero attached hydrogens (tertiary/aromatic N) is 4. The summed E-state index contributed by atoms with van der Waals surface area (Å²) < 4.78 is 6.07. The van der Waals surface area contributed by atoms with Crippen LogP contribution >= 0.6 is 0 Å². The minimum atomic E-state index is -0.0752. The highest BCUT2D eigenvalue weighted by atomic mass is 16.5. The van der Waals surface area contributed by atoms with Crippen LogP contribution in [0.15, 0.2) is 30.6 Å². The Hall–Kier alpha value is -2.67. The van der Waals surface area contributed by atoms with E-state index in [0.29, 0.717) is 34.1 Å². The van der Waals surface area contributed by atoms with Gasteiger partial charge in [-0.05, 0) is 63.1 Å². The average molecular weight is 435 g/mol. The molecular weight excluding hydrogens is 400 g/mol. The number of nitrogens with one attached hydrogen (secondary N) is 1. The first-order valence-electron chi connectivity index (χ1n) is 11.8. The van der Waals surface area contributed by atoms with Gasteiger partial charge in [-0.1, -0.05) is 6.92 Å². The molecule has 5 rings (SSSR count). The number of anilines is 2. The van der Waals surface area contributed by atoms with E-state index in [9.17, 15) is 0 Å². The molecule has 170 valence electrons. The van der Waals surface area contributed by atoms with Crippen LogP contribution in [0.5, 0.6) is 5.75 Å². The van der Waals surface area contributed by atoms with E-state index in [1.165, 1.54) is 12.8 Å². The molecule has 1 atom stereocenters. The van der Waals surface area contributed by atoms with Gasteiger partial charge in [0, 0.05) is 49.5 Å². The average Bonchev–Trinajstić information content (AvgIpc) is 3.73. The molecule has 1 aromatic carbocycles. The molecule has 7 heteroatoms. The minimum Gasteiger partial charge on any atom is -0.488 e. The monoisotopic (exact) mass is 434 g/mol. The highest BCUT2D eigenvalue weighted by Crippen LogP contribution is 2.50. The topological polar surface area (TPSA) is 91.4 Å². The van der Waals surface area contributed by atoms with E-state index in [1.54, 1.807) is 6.33 Å². The maximum absolute atomic E-state index is 8.78. The van der Waals surface area contributed by atoms with Crippen molar-refractivity contribution < 1.29 is 4.74 Å². The van der Waals surface area contributed by atoms with Crippen molar-refractivity contribution in [2.45, 2.75) is 58.1 Å². The molecule has 0 spiro atoms. The van der Waals surface area contributed by atoms with Crippen molar-refractivity contribution in [3.05, 3.63) is 41.9 Å². The smallest absolute Gasteiger partial charge is 0.132 e. The van der Waals surface area contributed by atoms with Crippen LogP contribution in [0.25, 0.3) is 0 Å². The second-order valence-corrected chi connectivity index (χ2v) is 10.3. The van der Waals surface area contributed by atoms with E-state index in [0.717, 1.165) is 50.6 Å². The van der Waals surface area contributed by atoms with E-state index < -0.39 is 0 Å². The van der Waals surface area contributed by atoms with Gasteiger partial charge in [-0.15, -0.1) is 0 Å². The van der Waals surface area contributed by atoms with Gasteiger partial charge in [0.15, 0.2) is 0 Å². The molecule has 2 aliphatic carbocycles. The summed E-state index contributed by atoms with van der Waals surface area (Å²) in [5, 5.41) is 8.78. The van der Waals surface area contributed by atoms with Crippen LogP contribution in [0.4, 0.5) is 11.5 Å². The van der Waals surface area contributed by atoms with E-state index in [2.05, 4.69) is 40.5 Å². The molecule has 0 radical (unpaired) electrons. The third kappa shape index (κ3) is 4.18. The molecule has 2 aromatic rings. The second kappa shape index (κ2) is 7.73. The molecule has 0 amide bonds. The predicted molar refractivity (Wildman–Crippen MR) is 128 cm³/mol. The van der Waals surface area contributed by atoms with Crippen LogP contribution in [-0.4, -0.2) is 58.4 Å². The summed E-state index contributed by atoms with van der Waals surface area (Å²) in [7, 11) is 0. The Bertz CT molecular complexity index is 1020. The summed E-state index contributed by atoms with van der Waals surface area (Å²) >= 11 is 0. The number of piperazine rings is 1. The highest BCUT2D eigenvalue weighted by molar-refractivity contribution is 6.13. The molecule has 1 aliphatic heterocycles. The van der Waals surface area contributed by atoms with Crippen LogP contribution in [-0.2, 0) is 0 Å². The normalized spacial score (nSPS) is 22.3. The van der Waals surface area contributed by atoms with Gasteiger partial charge in [-0.2, -0.15) is 0 Å². The Morgan fingerprint density at radius 1 is 1.06 bits per heavy atom. The lowest BCUT2D eigenvalue weighted by Crippen LogP contribution is -2.51. The molecule has 2 saturated carbocycles. The molecule has 7 nitrogen and oxygen atoms in total. The molecule has 3 fully saturated rings. The van der Waals surface area contributed by atoms with Crippen LogP contribution in [0.1, 0.15) is 57.7 Å². The van der Waals surface area contributed by atoms with E-state index >= 15 is 0 Å². The molecule has 0 bridgehead atoms. The van der Waals surface area contributed by atoms with Crippen LogP contribution < -0.4 is 15.4 Å². The third-order valence-corrected chi connectivity index (χ3v) is 7.75. The summed E-state index contributed by atoms with van der Waals surface area (Å²) in [5.41, 5.74) is 8.73. The molecule has 1 unspecified atom stereocenters. The van der Waals surface area contributed by atoms with E-state index in [-0.39, 0.29) is 5.60 Å². The Labute approximate surface area is 190 Å². The summed E-state index contributed by atoms with van der Waals surface area (Å²) in [6.45, 7) is 10.8. The van der Waals surface area contributed by atoms with Crippen molar-refractivity contribution in [1.82, 2.24) is 14.9 Å². The van der Waals surface area contributed by atoms with Crippen molar-refractivity contribution in [3.63, 3.8) is 0 Å². The Morgan fingerprint density at radius 2 is 1.78 bits per heavy atom. The number of hydrogen-bond donors (Lipinski definition) is 2. The van der Waals surface area contributed by atoms with Crippen molar-refractivity contribution in [3.8, 4) is 5.75 Å². The summed E-state index contributed by atoms with van der Waals surface area (Å²) in [4.78, 5) is 13.8. The van der Waals surface area contributed by atoms with Gasteiger partial charge < -0.3 is 15.4 Å². The first-order chi connectivity index (χ1) is 15.3. The molecule has 3 N–H and O–H groups in total. The Morgan fingerprint density at radius 3 is 2.44 bits per heavy atom. The fraction of sp³-hybridized carbons (Fsp3) is 0.560. The number of rotatable bonds is 7. The maximum Gasteiger partial charge on any atom is 0.132 e. The Kier molecular flexibility index (Phi) is 5.12. The zero-order valence-corrected chi connectivity index (χ0v) is 19.4. The lowest BCUT2D eigenvalue weighted by molar-refractivity contribution is 0.141. The molecule has 3 aliphatic rings. The largest absolute Gasteiger partial charge is 0.488 e. The van der Waals surface area contributed by atoms with Crippen molar-refractivity contribution in [2.75, 3.05) is 36.8 Å². The van der Waals surface area contributed by atoms with Gasteiger partial charge in [0.1, 0.15) is 23.5 Å². The lowest BCUT2D eigenvalue weighted by atomic mass is 9.98. The number of nitrogens with two attached hydrogens (primary N) is 1. The van der Waals surface area contributed by atoms with Gasteiger partial charge in [0.2, 0.25) is 0 Å². The number of benzene rings is 1. The minimum absolute atomic E-state index is 0.0752. The van der Waals surface area contributed by atoms with Crippen molar-refractivity contribution in [2.24, 2.45) is 5.41 Å². The van der Waals surface area contributed by atoms with Crippen LogP contribution in [0.3, 0.4) is 0 Å². The molecule has 2 heterocycles. The number of nitrogen functional groups attached to an aromatic ring is 1. The first kappa shape index (κ1) is 21.2. The molecule has 32 heavy (non-hydrogen) atoms. The maximum atomic E-state index is 8.78. The summed E-state index contributed by atoms with van der Waals surface area (Å²) in [6, 6.07) is 8.10. The predicted octanol–water partition coefficient (Wildman–Crippen LogP) is 3.72. The van der Waals surface area contributed by atoms with E-state index in [1.807, 2.05) is 24.3 Å². The summed E-state index contributed by atoms with van der Waals surface area (Å²) in [5.74, 6) is 1.63. The van der Waals surface area contributed by atoms with Gasteiger partial charge in [-0.25, -0.2) is 9.97 Å². The van der Waals surface area contributed by atoms with Crippen LogP contribution in [0, 0.1) is 10.8 Å². The lowest BCUT2D eigenvalue weighted by Gasteiger charge is -2.40. The Balaban J connectivity index is 1.29. The number of aromatic nitrogens is 2. The van der Waals surface area contributed by atoms with Gasteiger partial charge >= 0.3 is 0 Å². The van der Waals surface area contributed by atoms with Crippen molar-refractivity contribution >= 4 is 17.2 Å².